The molecule has 2 aromatic rings. The van der Waals surface area contributed by atoms with Crippen molar-refractivity contribution in [2.45, 2.75) is 31.6 Å². The van der Waals surface area contributed by atoms with Crippen molar-refractivity contribution >= 4 is 52.6 Å². The van der Waals surface area contributed by atoms with Crippen molar-refractivity contribution in [3.05, 3.63) is 45.9 Å². The molecule has 1 saturated heterocycles. The van der Waals surface area contributed by atoms with Crippen molar-refractivity contribution < 1.29 is 9.53 Å². The average molecular weight is 436 g/mol. The fraction of sp³-hybridized carbons (Fsp3) is 0.333. The van der Waals surface area contributed by atoms with Crippen molar-refractivity contribution in [2.24, 2.45) is 0 Å². The Hall–Kier alpha value is -2.15. The number of carbonyl (C=O) groups is 1. The molecule has 0 aromatic carbocycles. The molecule has 1 aliphatic heterocycles. The Morgan fingerprint density at radius 2 is 2.29 bits per heavy atom. The molecule has 0 spiro atoms. The van der Waals surface area contributed by atoms with Gasteiger partial charge in [0.25, 0.3) is 0 Å². The van der Waals surface area contributed by atoms with Gasteiger partial charge in [0, 0.05) is 18.1 Å². The van der Waals surface area contributed by atoms with E-state index in [1.54, 1.807) is 79.8 Å². The van der Waals surface area contributed by atoms with Crippen LogP contribution in [0.25, 0.3) is 5.70 Å². The van der Waals surface area contributed by atoms with Crippen LogP contribution in [0, 0.1) is 11.3 Å². The van der Waals surface area contributed by atoms with Crippen LogP contribution in [0.4, 0.5) is 10.5 Å². The van der Waals surface area contributed by atoms with Crippen LogP contribution in [0.15, 0.2) is 35.2 Å². The molecule has 1 aliphatic rings. The molecular formula is C18H18ClN5O2S2. The highest BCUT2D eigenvalue weighted by molar-refractivity contribution is 8.25. The van der Waals surface area contributed by atoms with Crippen LogP contribution in [-0.4, -0.2) is 32.0 Å². The zero-order chi connectivity index (χ0) is 20.3. The van der Waals surface area contributed by atoms with Gasteiger partial charge in [0.1, 0.15) is 17.4 Å². The molecular weight excluding hydrogens is 418 g/mol. The highest BCUT2D eigenvalue weighted by Gasteiger charge is 2.29. The Kier molecular flexibility index (Phi) is 6.23. The predicted octanol–water partition coefficient (Wildman–Crippen LogP) is 5.15. The highest BCUT2D eigenvalue weighted by Crippen LogP contribution is 2.52. The topological polar surface area (TPSA) is 92.8 Å². The third-order valence-corrected chi connectivity index (χ3v) is 6.69. The molecule has 0 radical (unpaired) electrons. The summed E-state index contributed by atoms with van der Waals surface area (Å²) in [5.41, 5.74) is 1.13. The van der Waals surface area contributed by atoms with Crippen LogP contribution >= 0.6 is 35.1 Å². The van der Waals surface area contributed by atoms with Crippen LogP contribution in [0.1, 0.15) is 31.7 Å². The number of nitriles is 1. The van der Waals surface area contributed by atoms with Crippen LogP contribution in [-0.2, 0) is 4.74 Å². The first-order valence-corrected chi connectivity index (χ1v) is 10.6. The number of amides is 1. The van der Waals surface area contributed by atoms with Crippen LogP contribution in [0.2, 0.25) is 5.02 Å². The van der Waals surface area contributed by atoms with E-state index in [9.17, 15) is 10.1 Å². The van der Waals surface area contributed by atoms with Crippen LogP contribution in [0.3, 0.4) is 0 Å². The van der Waals surface area contributed by atoms with Gasteiger partial charge in [0.05, 0.1) is 38.4 Å². The number of hydrogen-bond acceptors (Lipinski definition) is 7. The minimum atomic E-state index is -0.588. The van der Waals surface area contributed by atoms with Gasteiger partial charge in [-0.25, -0.2) is 9.78 Å². The number of carbonyl (C=O) groups excluding carboxylic acids is 1. The molecule has 28 heavy (non-hydrogen) atoms. The third-order valence-electron chi connectivity index (χ3n) is 3.50. The minimum Gasteiger partial charge on any atom is -0.444 e. The first-order valence-electron chi connectivity index (χ1n) is 8.34. The van der Waals surface area contributed by atoms with Gasteiger partial charge in [-0.15, -0.1) is 23.5 Å². The van der Waals surface area contributed by atoms with E-state index < -0.39 is 11.7 Å². The number of thioether (sulfide) groups is 2. The number of rotatable bonds is 3. The Bertz CT molecular complexity index is 948. The van der Waals surface area contributed by atoms with Crippen molar-refractivity contribution in [3.8, 4) is 6.07 Å². The molecule has 1 N–H and O–H groups in total. The SMILES string of the molecule is CC(C)(C)OC(=O)Nc1cnc(C2CS/C(=C(/C#N)n3ccnc3)S2)c(Cl)c1. The average Bonchev–Trinajstić information content (AvgIpc) is 3.26. The monoisotopic (exact) mass is 435 g/mol. The first kappa shape index (κ1) is 20.6. The number of ether oxygens (including phenoxy) is 1. The van der Waals surface area contributed by atoms with E-state index >= 15 is 0 Å². The van der Waals surface area contributed by atoms with Gasteiger partial charge in [-0.05, 0) is 26.8 Å². The number of halogens is 1. The smallest absolute Gasteiger partial charge is 0.412 e. The van der Waals surface area contributed by atoms with E-state index in [0.29, 0.717) is 22.1 Å². The normalized spacial score (nSPS) is 18.5. The molecule has 3 heterocycles. The fourth-order valence-electron chi connectivity index (χ4n) is 2.38. The molecule has 3 rings (SSSR count). The van der Waals surface area contributed by atoms with E-state index in [0.717, 1.165) is 9.99 Å². The third kappa shape index (κ3) is 5.01. The molecule has 1 atom stereocenters. The van der Waals surface area contributed by atoms with Crippen molar-refractivity contribution in [3.63, 3.8) is 0 Å². The van der Waals surface area contributed by atoms with Gasteiger partial charge in [0.15, 0.2) is 0 Å². The minimum absolute atomic E-state index is 0.00921. The second-order valence-corrected chi connectivity index (χ2v) is 9.76. The molecule has 2 aromatic heterocycles. The van der Waals surface area contributed by atoms with Crippen molar-refractivity contribution in [1.82, 2.24) is 14.5 Å². The summed E-state index contributed by atoms with van der Waals surface area (Å²) in [5, 5.41) is 12.6. The molecule has 0 saturated carbocycles. The van der Waals surface area contributed by atoms with E-state index in [1.807, 2.05) is 0 Å². The van der Waals surface area contributed by atoms with Crippen LogP contribution in [0.5, 0.6) is 0 Å². The molecule has 0 bridgehead atoms. The van der Waals surface area contributed by atoms with Crippen molar-refractivity contribution in [1.29, 1.82) is 5.26 Å². The summed E-state index contributed by atoms with van der Waals surface area (Å²) in [5.74, 6) is 0.742. The number of nitrogens with zero attached hydrogens (tertiary/aromatic N) is 4. The number of aromatic nitrogens is 3. The summed E-state index contributed by atoms with van der Waals surface area (Å²) >= 11 is 9.55. The lowest BCUT2D eigenvalue weighted by Crippen LogP contribution is -2.27. The summed E-state index contributed by atoms with van der Waals surface area (Å²) in [6.45, 7) is 5.38. The number of hydrogen-bond donors (Lipinski definition) is 1. The largest absolute Gasteiger partial charge is 0.444 e. The maximum Gasteiger partial charge on any atom is 0.412 e. The number of imidazole rings is 1. The summed E-state index contributed by atoms with van der Waals surface area (Å²) in [7, 11) is 0. The molecule has 1 unspecified atom stereocenters. The Morgan fingerprint density at radius 3 is 2.89 bits per heavy atom. The Labute approximate surface area is 176 Å². The lowest BCUT2D eigenvalue weighted by molar-refractivity contribution is 0.0636. The summed E-state index contributed by atoms with van der Waals surface area (Å²) < 4.78 is 7.82. The van der Waals surface area contributed by atoms with E-state index in [4.69, 9.17) is 16.3 Å². The summed E-state index contributed by atoms with van der Waals surface area (Å²) in [6, 6.07) is 3.88. The maximum atomic E-state index is 11.9. The second kappa shape index (κ2) is 8.47. The number of pyridine rings is 1. The Morgan fingerprint density at radius 1 is 1.50 bits per heavy atom. The van der Waals surface area contributed by atoms with Gasteiger partial charge in [-0.2, -0.15) is 5.26 Å². The summed E-state index contributed by atoms with van der Waals surface area (Å²) in [4.78, 5) is 20.3. The predicted molar refractivity (Wildman–Crippen MR) is 113 cm³/mol. The molecule has 1 amide bonds. The molecule has 7 nitrogen and oxygen atoms in total. The zero-order valence-electron chi connectivity index (χ0n) is 15.5. The van der Waals surface area contributed by atoms with Crippen molar-refractivity contribution in [2.75, 3.05) is 11.1 Å². The molecule has 10 heteroatoms. The number of anilines is 1. The van der Waals surface area contributed by atoms with Gasteiger partial charge >= 0.3 is 6.09 Å². The molecule has 0 aliphatic carbocycles. The highest BCUT2D eigenvalue weighted by atomic mass is 35.5. The molecule has 146 valence electrons. The Balaban J connectivity index is 1.73. The van der Waals surface area contributed by atoms with Gasteiger partial charge in [0.2, 0.25) is 0 Å². The van der Waals surface area contributed by atoms with E-state index in [2.05, 4.69) is 21.4 Å². The van der Waals surface area contributed by atoms with E-state index in [1.165, 1.54) is 0 Å². The maximum absolute atomic E-state index is 11.9. The first-order chi connectivity index (χ1) is 13.3. The van der Waals surface area contributed by atoms with E-state index in [-0.39, 0.29) is 5.25 Å². The fourth-order valence-corrected chi connectivity index (χ4v) is 5.62. The lowest BCUT2D eigenvalue weighted by Gasteiger charge is -2.19. The summed E-state index contributed by atoms with van der Waals surface area (Å²) in [6.07, 6.45) is 5.96. The number of nitrogens with one attached hydrogen (secondary N) is 1. The lowest BCUT2D eigenvalue weighted by atomic mass is 10.2. The number of allylic oxidation sites excluding steroid dienone is 1. The van der Waals surface area contributed by atoms with Gasteiger partial charge in [-0.1, -0.05) is 11.6 Å². The molecule has 1 fully saturated rings. The zero-order valence-corrected chi connectivity index (χ0v) is 17.9. The second-order valence-electron chi connectivity index (χ2n) is 6.85. The van der Waals surface area contributed by atoms with Gasteiger partial charge in [-0.3, -0.25) is 14.9 Å². The quantitative estimate of drug-likeness (QED) is 0.666. The van der Waals surface area contributed by atoms with Crippen LogP contribution < -0.4 is 5.32 Å². The van der Waals surface area contributed by atoms with Gasteiger partial charge < -0.3 is 4.74 Å². The standard InChI is InChI=1S/C18H18ClN5O2S2/c1-18(2,3)26-17(25)23-11-6-12(19)15(22-8-11)14-9-27-16(28-14)13(7-20)24-5-4-21-10-24/h4-6,8,10,14H,9H2,1-3H3,(H,23,25)/b16-13+.